The summed E-state index contributed by atoms with van der Waals surface area (Å²) in [6.07, 6.45) is 6.42. The normalized spacial score (nSPS) is 17.5. The highest BCUT2D eigenvalue weighted by Crippen LogP contribution is 2.29. The first kappa shape index (κ1) is 13.7. The molecular formula is C13H19N7O. The second-order valence-corrected chi connectivity index (χ2v) is 5.24. The summed E-state index contributed by atoms with van der Waals surface area (Å²) in [6, 6.07) is -0.00499. The van der Waals surface area contributed by atoms with Crippen LogP contribution in [-0.2, 0) is 20.0 Å². The van der Waals surface area contributed by atoms with E-state index in [0.717, 1.165) is 24.8 Å². The van der Waals surface area contributed by atoms with Crippen molar-refractivity contribution in [2.75, 3.05) is 6.54 Å². The molecule has 1 unspecified atom stereocenters. The van der Waals surface area contributed by atoms with Crippen LogP contribution in [0.5, 0.6) is 0 Å². The van der Waals surface area contributed by atoms with Crippen LogP contribution in [0.1, 0.15) is 40.6 Å². The molecule has 2 aromatic heterocycles. The van der Waals surface area contributed by atoms with Crippen molar-refractivity contribution in [2.45, 2.75) is 31.8 Å². The van der Waals surface area contributed by atoms with Crippen LogP contribution in [0, 0.1) is 0 Å². The van der Waals surface area contributed by atoms with Crippen LogP contribution < -0.4 is 11.1 Å². The Balaban J connectivity index is 1.73. The standard InChI is InChI=1S/C13H19N7O/c1-19-12-4-2-3-10(9(12)7-15-19)16-13(21)11-8-20(6-5-14)18-17-11/h7-8,10H,2-6,14H2,1H3,(H,16,21). The Morgan fingerprint density at radius 2 is 2.43 bits per heavy atom. The average molecular weight is 289 g/mol. The molecule has 8 nitrogen and oxygen atoms in total. The van der Waals surface area contributed by atoms with Crippen LogP contribution in [0.25, 0.3) is 0 Å². The first-order valence-corrected chi connectivity index (χ1v) is 7.11. The van der Waals surface area contributed by atoms with Gasteiger partial charge in [-0.3, -0.25) is 14.2 Å². The minimum atomic E-state index is -0.208. The maximum Gasteiger partial charge on any atom is 0.273 e. The maximum atomic E-state index is 12.3. The molecule has 1 aliphatic rings. The van der Waals surface area contributed by atoms with Gasteiger partial charge in [0.2, 0.25) is 0 Å². The lowest BCUT2D eigenvalue weighted by Crippen LogP contribution is -2.31. The lowest BCUT2D eigenvalue weighted by molar-refractivity contribution is 0.0927. The zero-order valence-corrected chi connectivity index (χ0v) is 12.0. The molecule has 0 saturated heterocycles. The van der Waals surface area contributed by atoms with Crippen molar-refractivity contribution in [1.82, 2.24) is 30.1 Å². The van der Waals surface area contributed by atoms with Crippen LogP contribution in [-0.4, -0.2) is 37.2 Å². The van der Waals surface area contributed by atoms with E-state index in [2.05, 4.69) is 20.7 Å². The summed E-state index contributed by atoms with van der Waals surface area (Å²) in [5.74, 6) is -0.208. The van der Waals surface area contributed by atoms with Gasteiger partial charge in [-0.05, 0) is 19.3 Å². The fourth-order valence-electron chi connectivity index (χ4n) is 2.73. The average Bonchev–Trinajstić information content (AvgIpc) is 3.08. The smallest absolute Gasteiger partial charge is 0.273 e. The summed E-state index contributed by atoms with van der Waals surface area (Å²) in [5, 5.41) is 15.1. The summed E-state index contributed by atoms with van der Waals surface area (Å²) in [7, 11) is 1.93. The largest absolute Gasteiger partial charge is 0.344 e. The summed E-state index contributed by atoms with van der Waals surface area (Å²) in [6.45, 7) is 1.02. The molecule has 0 bridgehead atoms. The van der Waals surface area contributed by atoms with Crippen molar-refractivity contribution >= 4 is 5.91 Å². The summed E-state index contributed by atoms with van der Waals surface area (Å²) >= 11 is 0. The number of carbonyl (C=O) groups excluding carboxylic acids is 1. The first-order chi connectivity index (χ1) is 10.2. The predicted octanol–water partition coefficient (Wildman–Crippen LogP) is -0.222. The molecule has 0 radical (unpaired) electrons. The molecule has 3 rings (SSSR count). The number of hydrogen-bond acceptors (Lipinski definition) is 5. The van der Waals surface area contributed by atoms with Crippen molar-refractivity contribution in [3.63, 3.8) is 0 Å². The van der Waals surface area contributed by atoms with Gasteiger partial charge in [-0.15, -0.1) is 5.10 Å². The number of carbonyl (C=O) groups is 1. The molecule has 1 amide bonds. The fraction of sp³-hybridized carbons (Fsp3) is 0.538. The number of hydrogen-bond donors (Lipinski definition) is 2. The Hall–Kier alpha value is -2.22. The second kappa shape index (κ2) is 5.65. The number of nitrogens with two attached hydrogens (primary N) is 1. The molecule has 2 heterocycles. The molecule has 2 aromatic rings. The van der Waals surface area contributed by atoms with E-state index in [1.807, 2.05) is 17.9 Å². The molecule has 0 saturated carbocycles. The van der Waals surface area contributed by atoms with Crippen LogP contribution >= 0.6 is 0 Å². The van der Waals surface area contributed by atoms with Gasteiger partial charge in [0.15, 0.2) is 5.69 Å². The van der Waals surface area contributed by atoms with Gasteiger partial charge in [0.1, 0.15) is 0 Å². The minimum absolute atomic E-state index is 0.00499. The molecule has 0 spiro atoms. The summed E-state index contributed by atoms with van der Waals surface area (Å²) < 4.78 is 3.45. The number of aromatic nitrogens is 5. The van der Waals surface area contributed by atoms with Gasteiger partial charge in [-0.1, -0.05) is 5.21 Å². The third kappa shape index (κ3) is 2.66. The molecule has 0 aliphatic heterocycles. The van der Waals surface area contributed by atoms with E-state index in [-0.39, 0.29) is 11.9 Å². The Morgan fingerprint density at radius 3 is 3.24 bits per heavy atom. The van der Waals surface area contributed by atoms with Gasteiger partial charge in [0.25, 0.3) is 5.91 Å². The third-order valence-electron chi connectivity index (χ3n) is 3.81. The molecule has 3 N–H and O–H groups in total. The van der Waals surface area contributed by atoms with E-state index >= 15 is 0 Å². The van der Waals surface area contributed by atoms with E-state index in [0.29, 0.717) is 18.8 Å². The molecule has 1 atom stereocenters. The first-order valence-electron chi connectivity index (χ1n) is 7.11. The Labute approximate surface area is 122 Å². The van der Waals surface area contributed by atoms with E-state index in [9.17, 15) is 4.79 Å². The molecular weight excluding hydrogens is 270 g/mol. The van der Waals surface area contributed by atoms with Crippen LogP contribution in [0.3, 0.4) is 0 Å². The maximum absolute atomic E-state index is 12.3. The third-order valence-corrected chi connectivity index (χ3v) is 3.81. The fourth-order valence-corrected chi connectivity index (χ4v) is 2.73. The van der Waals surface area contributed by atoms with Crippen molar-refractivity contribution in [2.24, 2.45) is 12.8 Å². The summed E-state index contributed by atoms with van der Waals surface area (Å²) in [5.41, 5.74) is 8.07. The second-order valence-electron chi connectivity index (χ2n) is 5.24. The van der Waals surface area contributed by atoms with Crippen LogP contribution in [0.4, 0.5) is 0 Å². The number of aryl methyl sites for hydroxylation is 1. The zero-order valence-electron chi connectivity index (χ0n) is 12.0. The number of nitrogens with zero attached hydrogens (tertiary/aromatic N) is 5. The van der Waals surface area contributed by atoms with Crippen molar-refractivity contribution in [3.05, 3.63) is 29.3 Å². The number of rotatable bonds is 4. The zero-order chi connectivity index (χ0) is 14.8. The molecule has 21 heavy (non-hydrogen) atoms. The highest BCUT2D eigenvalue weighted by atomic mass is 16.2. The van der Waals surface area contributed by atoms with E-state index in [1.165, 1.54) is 5.69 Å². The van der Waals surface area contributed by atoms with Gasteiger partial charge < -0.3 is 11.1 Å². The van der Waals surface area contributed by atoms with Gasteiger partial charge in [0.05, 0.1) is 25.0 Å². The van der Waals surface area contributed by atoms with E-state index in [1.54, 1.807) is 10.9 Å². The SMILES string of the molecule is Cn1ncc2c1CCCC2NC(=O)c1cn(CCN)nn1. The number of amides is 1. The Kier molecular flexibility index (Phi) is 3.70. The molecule has 0 fully saturated rings. The Morgan fingerprint density at radius 1 is 1.57 bits per heavy atom. The van der Waals surface area contributed by atoms with Gasteiger partial charge in [0, 0.05) is 24.8 Å². The van der Waals surface area contributed by atoms with Crippen molar-refractivity contribution in [1.29, 1.82) is 0 Å². The monoisotopic (exact) mass is 289 g/mol. The van der Waals surface area contributed by atoms with E-state index < -0.39 is 0 Å². The van der Waals surface area contributed by atoms with Crippen molar-refractivity contribution in [3.8, 4) is 0 Å². The van der Waals surface area contributed by atoms with Gasteiger partial charge in [-0.25, -0.2) is 0 Å². The molecule has 8 heteroatoms. The topological polar surface area (TPSA) is 104 Å². The number of nitrogens with one attached hydrogen (secondary N) is 1. The minimum Gasteiger partial charge on any atom is -0.344 e. The Bertz CT molecular complexity index is 645. The van der Waals surface area contributed by atoms with E-state index in [4.69, 9.17) is 5.73 Å². The quantitative estimate of drug-likeness (QED) is 0.809. The molecule has 112 valence electrons. The number of fused-ring (bicyclic) bond motifs is 1. The van der Waals surface area contributed by atoms with Crippen LogP contribution in [0.15, 0.2) is 12.4 Å². The van der Waals surface area contributed by atoms with Gasteiger partial charge in [-0.2, -0.15) is 5.10 Å². The van der Waals surface area contributed by atoms with Crippen molar-refractivity contribution < 1.29 is 4.79 Å². The highest BCUT2D eigenvalue weighted by Gasteiger charge is 2.25. The lowest BCUT2D eigenvalue weighted by Gasteiger charge is -2.23. The van der Waals surface area contributed by atoms with Crippen LogP contribution in [0.2, 0.25) is 0 Å². The predicted molar refractivity (Wildman–Crippen MR) is 75.4 cm³/mol. The van der Waals surface area contributed by atoms with Gasteiger partial charge >= 0.3 is 0 Å². The molecule has 1 aliphatic carbocycles. The highest BCUT2D eigenvalue weighted by molar-refractivity contribution is 5.92. The lowest BCUT2D eigenvalue weighted by atomic mass is 9.93. The molecule has 0 aromatic carbocycles. The summed E-state index contributed by atoms with van der Waals surface area (Å²) in [4.78, 5) is 12.3.